The molecule has 0 aliphatic carbocycles. The Hall–Kier alpha value is -4.24. The molecule has 2 N–H and O–H groups in total. The molecule has 5 rings (SSSR count). The van der Waals surface area contributed by atoms with Gasteiger partial charge in [0.1, 0.15) is 11.9 Å². The second-order valence-corrected chi connectivity index (χ2v) is 10.2. The molecule has 0 bridgehead atoms. The molecule has 2 aliphatic rings. The zero-order chi connectivity index (χ0) is 27.0. The van der Waals surface area contributed by atoms with Crippen molar-refractivity contribution in [3.63, 3.8) is 0 Å². The fraction of sp³-hybridized carbons (Fsp3) is 0.233. The highest BCUT2D eigenvalue weighted by molar-refractivity contribution is 8.14. The van der Waals surface area contributed by atoms with Crippen molar-refractivity contribution in [2.24, 2.45) is 9.98 Å². The molecule has 0 saturated carbocycles. The van der Waals surface area contributed by atoms with Gasteiger partial charge in [-0.1, -0.05) is 84.6 Å². The average molecular weight is 540 g/mol. The molecule has 0 unspecified atom stereocenters. The molecule has 1 atom stereocenters. The Morgan fingerprint density at radius 1 is 0.795 bits per heavy atom. The number of nitrogens with zero attached hydrogens (tertiary/aromatic N) is 3. The fourth-order valence-corrected chi connectivity index (χ4v) is 5.27. The maximum Gasteiger partial charge on any atom is 0.259 e. The Morgan fingerprint density at radius 2 is 1.38 bits per heavy atom. The lowest BCUT2D eigenvalue weighted by molar-refractivity contribution is -0.128. The van der Waals surface area contributed by atoms with Gasteiger partial charge in [0.2, 0.25) is 11.8 Å². The number of rotatable bonds is 10. The molecule has 9 heteroatoms. The first-order valence-corrected chi connectivity index (χ1v) is 13.9. The molecule has 0 fully saturated rings. The summed E-state index contributed by atoms with van der Waals surface area (Å²) in [6.45, 7) is 1.00. The predicted octanol–water partition coefficient (Wildman–Crippen LogP) is 3.49. The van der Waals surface area contributed by atoms with Crippen LogP contribution < -0.4 is 10.6 Å². The smallest absolute Gasteiger partial charge is 0.259 e. The van der Waals surface area contributed by atoms with Crippen molar-refractivity contribution in [3.05, 3.63) is 102 Å². The number of fused-ring (bicyclic) bond motifs is 3. The lowest BCUT2D eigenvalue weighted by Crippen LogP contribution is -2.42. The van der Waals surface area contributed by atoms with E-state index in [0.717, 1.165) is 23.1 Å². The van der Waals surface area contributed by atoms with Crippen LogP contribution in [0.1, 0.15) is 23.1 Å². The normalized spacial score (nSPS) is 15.6. The molecular weight excluding hydrogens is 510 g/mol. The number of hydrogen-bond acceptors (Lipinski definition) is 6. The van der Waals surface area contributed by atoms with Crippen LogP contribution in [-0.2, 0) is 27.2 Å². The molecule has 39 heavy (non-hydrogen) atoms. The maximum absolute atomic E-state index is 13.4. The van der Waals surface area contributed by atoms with Crippen LogP contribution in [0.25, 0.3) is 0 Å². The largest absolute Gasteiger partial charge is 0.356 e. The summed E-state index contributed by atoms with van der Waals surface area (Å²) in [6.07, 6.45) is 1.40. The summed E-state index contributed by atoms with van der Waals surface area (Å²) in [5.74, 6) is -0.104. The summed E-state index contributed by atoms with van der Waals surface area (Å²) in [7, 11) is 0. The van der Waals surface area contributed by atoms with E-state index in [-0.39, 0.29) is 29.9 Å². The van der Waals surface area contributed by atoms with E-state index in [1.165, 1.54) is 16.7 Å². The van der Waals surface area contributed by atoms with E-state index in [0.29, 0.717) is 36.2 Å². The van der Waals surface area contributed by atoms with Crippen LogP contribution in [0.2, 0.25) is 0 Å². The Balaban J connectivity index is 1.19. The Morgan fingerprint density at radius 3 is 2.05 bits per heavy atom. The van der Waals surface area contributed by atoms with Crippen molar-refractivity contribution < 1.29 is 14.4 Å². The zero-order valence-electron chi connectivity index (χ0n) is 21.4. The number of thioether (sulfide) groups is 1. The van der Waals surface area contributed by atoms with Gasteiger partial charge in [0.15, 0.2) is 5.17 Å². The molecule has 3 aromatic rings. The van der Waals surface area contributed by atoms with Crippen LogP contribution in [0.4, 0.5) is 5.69 Å². The highest BCUT2D eigenvalue weighted by Gasteiger charge is 2.42. The van der Waals surface area contributed by atoms with E-state index >= 15 is 0 Å². The minimum Gasteiger partial charge on any atom is -0.356 e. The van der Waals surface area contributed by atoms with E-state index in [4.69, 9.17) is 0 Å². The van der Waals surface area contributed by atoms with E-state index in [1.54, 1.807) is 0 Å². The number of amidine groups is 2. The van der Waals surface area contributed by atoms with Gasteiger partial charge in [0, 0.05) is 18.7 Å². The van der Waals surface area contributed by atoms with Gasteiger partial charge in [-0.3, -0.25) is 19.4 Å². The van der Waals surface area contributed by atoms with Gasteiger partial charge in [-0.2, -0.15) is 0 Å². The quantitative estimate of drug-likeness (QED) is 0.412. The van der Waals surface area contributed by atoms with Gasteiger partial charge in [0.05, 0.1) is 17.9 Å². The van der Waals surface area contributed by atoms with Crippen molar-refractivity contribution in [1.82, 2.24) is 15.5 Å². The van der Waals surface area contributed by atoms with Gasteiger partial charge in [-0.15, -0.1) is 0 Å². The van der Waals surface area contributed by atoms with E-state index < -0.39 is 6.04 Å². The Kier molecular flexibility index (Phi) is 8.48. The average Bonchev–Trinajstić information content (AvgIpc) is 3.29. The van der Waals surface area contributed by atoms with Gasteiger partial charge >= 0.3 is 0 Å². The number of hydrogen-bond donors (Lipinski definition) is 2. The molecule has 2 heterocycles. The van der Waals surface area contributed by atoms with Crippen LogP contribution in [0.5, 0.6) is 0 Å². The first kappa shape index (κ1) is 26.4. The van der Waals surface area contributed by atoms with Crippen molar-refractivity contribution in [3.8, 4) is 0 Å². The number of carbonyl (C=O) groups is 3. The lowest BCUT2D eigenvalue weighted by atomic mass is 10.1. The number of nitrogens with one attached hydrogen (secondary N) is 2. The molecule has 8 nitrogen and oxygen atoms in total. The van der Waals surface area contributed by atoms with Crippen LogP contribution in [-0.4, -0.2) is 58.5 Å². The number of carbonyl (C=O) groups excluding carboxylic acids is 3. The SMILES string of the molecule is O=C(CSC1=Nc2ccccc2C2=N[C@H](CC(=O)NCCc3ccccc3)C(=O)N12)NCCc1ccccc1. The third kappa shape index (κ3) is 6.61. The summed E-state index contributed by atoms with van der Waals surface area (Å²) in [5.41, 5.74) is 3.69. The summed E-state index contributed by atoms with van der Waals surface area (Å²) >= 11 is 1.19. The number of amides is 3. The molecule has 2 aliphatic heterocycles. The second-order valence-electron chi connectivity index (χ2n) is 9.22. The predicted molar refractivity (Wildman–Crippen MR) is 154 cm³/mol. The maximum atomic E-state index is 13.4. The highest BCUT2D eigenvalue weighted by Crippen LogP contribution is 2.34. The minimum absolute atomic E-state index is 0.0479. The standard InChI is InChI=1S/C30H29N5O3S/c36-26(31-17-15-21-9-3-1-4-10-21)19-25-29(38)35-28(33-25)23-13-7-8-14-24(23)34-30(35)39-20-27(37)32-18-16-22-11-5-2-6-12-22/h1-14,25H,15-20H2,(H,31,36)(H,32,37)/t25-/m1/s1. The number of aliphatic imine (C=N–C) groups is 2. The van der Waals surface area contributed by atoms with Crippen molar-refractivity contribution in [2.75, 3.05) is 18.8 Å². The van der Waals surface area contributed by atoms with Crippen LogP contribution in [0.3, 0.4) is 0 Å². The molecule has 0 aromatic heterocycles. The number of benzene rings is 3. The Labute approximate surface area is 231 Å². The second kappa shape index (κ2) is 12.5. The summed E-state index contributed by atoms with van der Waals surface area (Å²) in [4.78, 5) is 49.3. The summed E-state index contributed by atoms with van der Waals surface area (Å²) < 4.78 is 0. The molecule has 3 amide bonds. The number of para-hydroxylation sites is 1. The van der Waals surface area contributed by atoms with Gasteiger partial charge in [-0.05, 0) is 36.1 Å². The third-order valence-electron chi connectivity index (χ3n) is 6.42. The Bertz CT molecular complexity index is 1410. The first-order chi connectivity index (χ1) is 19.1. The summed E-state index contributed by atoms with van der Waals surface area (Å²) in [6, 6.07) is 26.4. The lowest BCUT2D eigenvalue weighted by Gasteiger charge is -2.25. The van der Waals surface area contributed by atoms with Gasteiger partial charge < -0.3 is 10.6 Å². The molecule has 0 saturated heterocycles. The van der Waals surface area contributed by atoms with Crippen molar-refractivity contribution in [1.29, 1.82) is 0 Å². The highest BCUT2D eigenvalue weighted by atomic mass is 32.2. The monoisotopic (exact) mass is 539 g/mol. The first-order valence-electron chi connectivity index (χ1n) is 12.9. The van der Waals surface area contributed by atoms with Crippen molar-refractivity contribution >= 4 is 46.2 Å². The van der Waals surface area contributed by atoms with Crippen molar-refractivity contribution in [2.45, 2.75) is 25.3 Å². The molecular formula is C30H29N5O3S. The van der Waals surface area contributed by atoms with E-state index in [1.807, 2.05) is 84.9 Å². The third-order valence-corrected chi connectivity index (χ3v) is 7.35. The van der Waals surface area contributed by atoms with Crippen LogP contribution >= 0.6 is 11.8 Å². The fourth-order valence-electron chi connectivity index (χ4n) is 4.44. The molecule has 0 radical (unpaired) electrons. The van der Waals surface area contributed by atoms with E-state index in [2.05, 4.69) is 20.6 Å². The van der Waals surface area contributed by atoms with E-state index in [9.17, 15) is 14.4 Å². The zero-order valence-corrected chi connectivity index (χ0v) is 22.2. The van der Waals surface area contributed by atoms with Gasteiger partial charge in [-0.25, -0.2) is 9.89 Å². The topological polar surface area (TPSA) is 103 Å². The minimum atomic E-state index is -0.839. The van der Waals surface area contributed by atoms with Crippen LogP contribution in [0.15, 0.2) is 94.9 Å². The van der Waals surface area contributed by atoms with Gasteiger partial charge in [0.25, 0.3) is 5.91 Å². The summed E-state index contributed by atoms with van der Waals surface area (Å²) in [5, 5.41) is 6.21. The molecule has 3 aromatic carbocycles. The van der Waals surface area contributed by atoms with Crippen LogP contribution in [0, 0.1) is 0 Å². The molecule has 198 valence electrons. The molecule has 0 spiro atoms.